The van der Waals surface area contributed by atoms with Crippen molar-refractivity contribution in [3.63, 3.8) is 0 Å². The van der Waals surface area contributed by atoms with Crippen LogP contribution in [0, 0.1) is 0 Å². The number of nitrogens with two attached hydrogens (primary N) is 2. The Kier molecular flexibility index (Phi) is 4.54. The summed E-state index contributed by atoms with van der Waals surface area (Å²) in [4.78, 5) is 14.1. The maximum Gasteiger partial charge on any atom is 0.238 e. The van der Waals surface area contributed by atoms with Crippen LogP contribution in [0.15, 0.2) is 23.1 Å². The summed E-state index contributed by atoms with van der Waals surface area (Å²) in [5, 5.41) is 5.15. The van der Waals surface area contributed by atoms with Gasteiger partial charge in [-0.1, -0.05) is 6.07 Å². The predicted molar refractivity (Wildman–Crippen MR) is 86.5 cm³/mol. The molecule has 0 spiro atoms. The molecule has 0 aromatic heterocycles. The second-order valence-electron chi connectivity index (χ2n) is 6.02. The van der Waals surface area contributed by atoms with Crippen LogP contribution < -0.4 is 15.8 Å². The number of hydrogen-bond donors (Lipinski definition) is 2. The largest absolute Gasteiger partial charge is 0.325 e. The molecule has 122 valence electrons. The fourth-order valence-electron chi connectivity index (χ4n) is 3.00. The molecule has 1 aliphatic carbocycles. The highest BCUT2D eigenvalue weighted by Gasteiger charge is 2.37. The molecular formula is C14H20ClN3O3S. The average molecular weight is 346 g/mol. The van der Waals surface area contributed by atoms with Gasteiger partial charge in [0, 0.05) is 24.2 Å². The Bertz CT molecular complexity index is 701. The number of carbonyl (C=O) groups is 1. The molecule has 1 aromatic carbocycles. The summed E-state index contributed by atoms with van der Waals surface area (Å²) >= 11 is 0. The highest BCUT2D eigenvalue weighted by Crippen LogP contribution is 2.35. The first-order chi connectivity index (χ1) is 9.78. The average Bonchev–Trinajstić information content (AvgIpc) is 2.78. The minimum atomic E-state index is -3.76. The van der Waals surface area contributed by atoms with Crippen LogP contribution in [-0.4, -0.2) is 26.4 Å². The minimum Gasteiger partial charge on any atom is -0.325 e. The minimum absolute atomic E-state index is 0. The Hall–Kier alpha value is -1.15. The molecule has 1 aromatic rings. The normalized spacial score (nSPS) is 19.1. The summed E-state index contributed by atoms with van der Waals surface area (Å²) < 4.78 is 22.9. The van der Waals surface area contributed by atoms with E-state index in [2.05, 4.69) is 0 Å². The van der Waals surface area contributed by atoms with Crippen molar-refractivity contribution < 1.29 is 13.2 Å². The molecular weight excluding hydrogens is 326 g/mol. The molecule has 1 saturated carbocycles. The number of primary sulfonamides is 1. The monoisotopic (exact) mass is 345 g/mol. The molecule has 4 N–H and O–H groups in total. The zero-order valence-corrected chi connectivity index (χ0v) is 13.8. The van der Waals surface area contributed by atoms with Gasteiger partial charge < -0.3 is 10.6 Å². The van der Waals surface area contributed by atoms with Crippen molar-refractivity contribution >= 4 is 34.0 Å². The standard InChI is InChI=1S/C14H19N3O3S.ClH/c15-14(5-1-6-14)9-13(18)17-7-4-10-2-3-11(8-12(10)17)21(16,19)20;/h2-3,8H,1,4-7,9,15H2,(H2,16,19,20);1H. The van der Waals surface area contributed by atoms with Crippen LogP contribution in [0.5, 0.6) is 0 Å². The second kappa shape index (κ2) is 5.81. The van der Waals surface area contributed by atoms with Gasteiger partial charge in [-0.25, -0.2) is 13.6 Å². The van der Waals surface area contributed by atoms with Gasteiger partial charge in [0.1, 0.15) is 0 Å². The highest BCUT2D eigenvalue weighted by molar-refractivity contribution is 7.89. The summed E-state index contributed by atoms with van der Waals surface area (Å²) in [6, 6.07) is 4.70. The number of fused-ring (bicyclic) bond motifs is 1. The number of anilines is 1. The van der Waals surface area contributed by atoms with Gasteiger partial charge in [0.25, 0.3) is 0 Å². The van der Waals surface area contributed by atoms with E-state index in [1.807, 2.05) is 0 Å². The van der Waals surface area contributed by atoms with E-state index in [4.69, 9.17) is 10.9 Å². The summed E-state index contributed by atoms with van der Waals surface area (Å²) in [6.45, 7) is 0.568. The third kappa shape index (κ3) is 3.12. The van der Waals surface area contributed by atoms with Crippen molar-refractivity contribution in [2.24, 2.45) is 10.9 Å². The molecule has 1 amide bonds. The van der Waals surface area contributed by atoms with E-state index in [1.54, 1.807) is 11.0 Å². The lowest BCUT2D eigenvalue weighted by Gasteiger charge is -2.38. The van der Waals surface area contributed by atoms with Gasteiger partial charge in [0.15, 0.2) is 0 Å². The number of hydrogen-bond acceptors (Lipinski definition) is 4. The number of benzene rings is 1. The summed E-state index contributed by atoms with van der Waals surface area (Å²) in [5.74, 6) is -0.0393. The lowest BCUT2D eigenvalue weighted by Crippen LogP contribution is -2.50. The first-order valence-electron chi connectivity index (χ1n) is 7.04. The van der Waals surface area contributed by atoms with Crippen LogP contribution >= 0.6 is 12.4 Å². The van der Waals surface area contributed by atoms with Crippen LogP contribution in [0.4, 0.5) is 5.69 Å². The number of rotatable bonds is 3. The molecule has 3 rings (SSSR count). The van der Waals surface area contributed by atoms with Crippen LogP contribution in [0.2, 0.25) is 0 Å². The smallest absolute Gasteiger partial charge is 0.238 e. The van der Waals surface area contributed by atoms with Crippen molar-refractivity contribution in [2.45, 2.75) is 42.5 Å². The zero-order chi connectivity index (χ0) is 15.3. The van der Waals surface area contributed by atoms with Crippen molar-refractivity contribution in [3.8, 4) is 0 Å². The quantitative estimate of drug-likeness (QED) is 0.849. The predicted octanol–water partition coefficient (Wildman–Crippen LogP) is 0.916. The maximum absolute atomic E-state index is 12.4. The van der Waals surface area contributed by atoms with Gasteiger partial charge in [-0.2, -0.15) is 0 Å². The third-order valence-electron chi connectivity index (χ3n) is 4.43. The van der Waals surface area contributed by atoms with E-state index in [9.17, 15) is 13.2 Å². The molecule has 0 unspecified atom stereocenters. The van der Waals surface area contributed by atoms with E-state index < -0.39 is 10.0 Å². The van der Waals surface area contributed by atoms with Gasteiger partial charge in [0.05, 0.1) is 4.90 Å². The van der Waals surface area contributed by atoms with E-state index in [1.165, 1.54) is 12.1 Å². The molecule has 0 saturated heterocycles. The lowest BCUT2D eigenvalue weighted by molar-refractivity contribution is -0.120. The Morgan fingerprint density at radius 3 is 2.55 bits per heavy atom. The number of carbonyl (C=O) groups excluding carboxylic acids is 1. The van der Waals surface area contributed by atoms with Gasteiger partial charge in [-0.15, -0.1) is 12.4 Å². The van der Waals surface area contributed by atoms with Gasteiger partial charge in [-0.05, 0) is 43.4 Å². The van der Waals surface area contributed by atoms with Crippen LogP contribution in [0.25, 0.3) is 0 Å². The molecule has 1 aliphatic heterocycles. The second-order valence-corrected chi connectivity index (χ2v) is 7.59. The molecule has 0 atom stereocenters. The Labute approximate surface area is 136 Å². The molecule has 0 radical (unpaired) electrons. The van der Waals surface area contributed by atoms with Crippen LogP contribution in [0.3, 0.4) is 0 Å². The van der Waals surface area contributed by atoms with Gasteiger partial charge in [0.2, 0.25) is 15.9 Å². The van der Waals surface area contributed by atoms with Gasteiger partial charge in [-0.3, -0.25) is 4.79 Å². The zero-order valence-electron chi connectivity index (χ0n) is 12.1. The Morgan fingerprint density at radius 1 is 1.32 bits per heavy atom. The van der Waals surface area contributed by atoms with Crippen molar-refractivity contribution in [2.75, 3.05) is 11.4 Å². The summed E-state index contributed by atoms with van der Waals surface area (Å²) in [7, 11) is -3.76. The van der Waals surface area contributed by atoms with Crippen molar-refractivity contribution in [1.29, 1.82) is 0 Å². The number of sulfonamides is 1. The molecule has 22 heavy (non-hydrogen) atoms. The van der Waals surface area contributed by atoms with E-state index in [0.29, 0.717) is 18.7 Å². The molecule has 8 heteroatoms. The van der Waals surface area contributed by atoms with Crippen molar-refractivity contribution in [3.05, 3.63) is 23.8 Å². The van der Waals surface area contributed by atoms with E-state index in [-0.39, 0.29) is 28.7 Å². The summed E-state index contributed by atoms with van der Waals surface area (Å²) in [5.41, 5.74) is 7.37. The third-order valence-corrected chi connectivity index (χ3v) is 5.35. The number of halogens is 1. The fourth-order valence-corrected chi connectivity index (χ4v) is 3.53. The highest BCUT2D eigenvalue weighted by atomic mass is 35.5. The Balaban J connectivity index is 0.00000176. The van der Waals surface area contributed by atoms with Crippen LogP contribution in [-0.2, 0) is 21.2 Å². The SMILES string of the molecule is Cl.NC1(CC(=O)N2CCc3ccc(S(N)(=O)=O)cc32)CCC1. The Morgan fingerprint density at radius 2 is 2.00 bits per heavy atom. The van der Waals surface area contributed by atoms with Crippen molar-refractivity contribution in [1.82, 2.24) is 0 Å². The molecule has 2 aliphatic rings. The van der Waals surface area contributed by atoms with Gasteiger partial charge >= 0.3 is 0 Å². The van der Waals surface area contributed by atoms with E-state index in [0.717, 1.165) is 31.2 Å². The topological polar surface area (TPSA) is 106 Å². The number of amides is 1. The molecule has 1 fully saturated rings. The first kappa shape index (κ1) is 17.2. The molecule has 1 heterocycles. The molecule has 0 bridgehead atoms. The lowest BCUT2D eigenvalue weighted by atomic mass is 9.75. The fraction of sp³-hybridized carbons (Fsp3) is 0.500. The van der Waals surface area contributed by atoms with Crippen LogP contribution in [0.1, 0.15) is 31.2 Å². The maximum atomic E-state index is 12.4. The summed E-state index contributed by atoms with van der Waals surface area (Å²) in [6.07, 6.45) is 3.85. The number of nitrogens with zero attached hydrogens (tertiary/aromatic N) is 1. The van der Waals surface area contributed by atoms with E-state index >= 15 is 0 Å². The molecule has 6 nitrogen and oxygen atoms in total. The first-order valence-corrected chi connectivity index (χ1v) is 8.58.